The van der Waals surface area contributed by atoms with Gasteiger partial charge in [0.1, 0.15) is 6.67 Å². The molecule has 0 amide bonds. The summed E-state index contributed by atoms with van der Waals surface area (Å²) in [6.07, 6.45) is 0.675. The van der Waals surface area contributed by atoms with Crippen LogP contribution in [0.2, 0.25) is 0 Å². The van der Waals surface area contributed by atoms with Gasteiger partial charge in [-0.2, -0.15) is 5.26 Å². The normalized spacial score (nSPS) is 15.2. The molecule has 0 saturated carbocycles. The number of nitrogens with one attached hydrogen (secondary N) is 1. The summed E-state index contributed by atoms with van der Waals surface area (Å²) in [5.74, 6) is -0.328. The average Bonchev–Trinajstić information content (AvgIpc) is 3.12. The van der Waals surface area contributed by atoms with E-state index < -0.39 is 22.6 Å². The Hall–Kier alpha value is -3.02. The Bertz CT molecular complexity index is 1170. The number of ketones is 1. The van der Waals surface area contributed by atoms with Crippen molar-refractivity contribution in [1.82, 2.24) is 0 Å². The molecular formula is C22H22FN3O3S. The van der Waals surface area contributed by atoms with Gasteiger partial charge in [-0.25, -0.2) is 12.8 Å². The molecule has 8 heteroatoms. The van der Waals surface area contributed by atoms with Crippen LogP contribution in [-0.4, -0.2) is 20.0 Å². The molecular weight excluding hydrogens is 405 g/mol. The van der Waals surface area contributed by atoms with E-state index in [0.717, 1.165) is 0 Å². The van der Waals surface area contributed by atoms with Gasteiger partial charge in [0.2, 0.25) is 0 Å². The molecule has 30 heavy (non-hydrogen) atoms. The summed E-state index contributed by atoms with van der Waals surface area (Å²) >= 11 is 0. The number of halogens is 1. The molecule has 2 aromatic rings. The zero-order valence-electron chi connectivity index (χ0n) is 16.5. The Balaban J connectivity index is 2.07. The number of nitrogens with two attached hydrogens (primary N) is 1. The van der Waals surface area contributed by atoms with E-state index in [-0.39, 0.29) is 34.0 Å². The van der Waals surface area contributed by atoms with Crippen molar-refractivity contribution in [1.29, 1.82) is 5.26 Å². The van der Waals surface area contributed by atoms with Gasteiger partial charge in [0, 0.05) is 23.4 Å². The van der Waals surface area contributed by atoms with Crippen molar-refractivity contribution < 1.29 is 17.6 Å². The highest BCUT2D eigenvalue weighted by Gasteiger charge is 2.32. The largest absolute Gasteiger partial charge is 0.358 e. The third kappa shape index (κ3) is 4.27. The maximum atomic E-state index is 13.0. The Morgan fingerprint density at radius 2 is 2.00 bits per heavy atom. The van der Waals surface area contributed by atoms with Crippen LogP contribution in [0.4, 0.5) is 10.1 Å². The number of nitrogens with zero attached hydrogens (tertiary/aromatic N) is 1. The fourth-order valence-electron chi connectivity index (χ4n) is 3.51. The van der Waals surface area contributed by atoms with Crippen molar-refractivity contribution in [3.63, 3.8) is 0 Å². The maximum absolute atomic E-state index is 13.0. The van der Waals surface area contributed by atoms with Crippen molar-refractivity contribution in [3.05, 3.63) is 70.4 Å². The molecule has 3 N–H and O–H groups in total. The molecule has 0 heterocycles. The highest BCUT2D eigenvalue weighted by molar-refractivity contribution is 7.91. The fourth-order valence-corrected chi connectivity index (χ4v) is 4.69. The zero-order valence-corrected chi connectivity index (χ0v) is 17.3. The van der Waals surface area contributed by atoms with Gasteiger partial charge < -0.3 is 11.1 Å². The number of anilines is 1. The van der Waals surface area contributed by atoms with Crippen LogP contribution in [0.1, 0.15) is 42.5 Å². The van der Waals surface area contributed by atoms with Gasteiger partial charge in [0.15, 0.2) is 15.6 Å². The first-order chi connectivity index (χ1) is 14.3. The van der Waals surface area contributed by atoms with Crippen LogP contribution in [0.15, 0.2) is 58.6 Å². The van der Waals surface area contributed by atoms with Gasteiger partial charge >= 0.3 is 0 Å². The molecule has 0 spiro atoms. The lowest BCUT2D eigenvalue weighted by Gasteiger charge is -2.19. The molecule has 0 aromatic heterocycles. The molecule has 1 aliphatic carbocycles. The van der Waals surface area contributed by atoms with E-state index >= 15 is 0 Å². The third-order valence-corrected chi connectivity index (χ3v) is 6.89. The molecule has 0 aliphatic heterocycles. The van der Waals surface area contributed by atoms with E-state index in [4.69, 9.17) is 11.0 Å². The minimum Gasteiger partial charge on any atom is -0.358 e. The van der Waals surface area contributed by atoms with Crippen molar-refractivity contribution in [2.24, 2.45) is 5.73 Å². The maximum Gasteiger partial charge on any atom is 0.178 e. The summed E-state index contributed by atoms with van der Waals surface area (Å²) in [6, 6.07) is 12.0. The number of hydrogen-bond acceptors (Lipinski definition) is 6. The van der Waals surface area contributed by atoms with Gasteiger partial charge in [0.05, 0.1) is 28.3 Å². The van der Waals surface area contributed by atoms with Gasteiger partial charge in [-0.05, 0) is 41.8 Å². The van der Waals surface area contributed by atoms with E-state index in [2.05, 4.69) is 5.32 Å². The lowest BCUT2D eigenvalue weighted by molar-refractivity contribution is -0.115. The first-order valence-electron chi connectivity index (χ1n) is 9.51. The zero-order chi connectivity index (χ0) is 21.9. The topological polar surface area (TPSA) is 113 Å². The van der Waals surface area contributed by atoms with Crippen LogP contribution in [0.25, 0.3) is 0 Å². The molecule has 3 rings (SSSR count). The molecule has 1 aliphatic rings. The standard InChI is InChI=1S/C22H22FN3O3S/c1-2-30(28,29)20-11-15(13-24)6-7-17(20)22(25)21-18(8-9-19(21)27)26-16-5-3-4-14(10-16)12-23/h3-7,10-11,22,26H,2,8-9,12,25H2,1H3. The first-order valence-corrected chi connectivity index (χ1v) is 11.2. The van der Waals surface area contributed by atoms with E-state index in [1.807, 2.05) is 6.07 Å². The van der Waals surface area contributed by atoms with Crippen molar-refractivity contribution in [2.75, 3.05) is 11.1 Å². The molecule has 6 nitrogen and oxygen atoms in total. The van der Waals surface area contributed by atoms with Gasteiger partial charge in [-0.1, -0.05) is 25.1 Å². The third-order valence-electron chi connectivity index (χ3n) is 5.11. The second-order valence-electron chi connectivity index (χ2n) is 7.02. The lowest BCUT2D eigenvalue weighted by Crippen LogP contribution is -2.22. The number of allylic oxidation sites excluding steroid dienone is 1. The molecule has 2 aromatic carbocycles. The number of alkyl halides is 1. The molecule has 1 atom stereocenters. The molecule has 0 fully saturated rings. The number of nitriles is 1. The number of benzene rings is 2. The van der Waals surface area contributed by atoms with Crippen LogP contribution in [0.3, 0.4) is 0 Å². The predicted octanol–water partition coefficient (Wildman–Crippen LogP) is 3.55. The lowest BCUT2D eigenvalue weighted by atomic mass is 9.96. The summed E-state index contributed by atoms with van der Waals surface area (Å²) in [4.78, 5) is 12.6. The van der Waals surface area contributed by atoms with Gasteiger partial charge in [-0.15, -0.1) is 0 Å². The van der Waals surface area contributed by atoms with Crippen LogP contribution in [0, 0.1) is 11.3 Å². The number of carbonyl (C=O) groups excluding carboxylic acids is 1. The SMILES string of the molecule is CCS(=O)(=O)c1cc(C#N)ccc1C(N)C1=C(Nc2cccc(CF)c2)CCC1=O. The van der Waals surface area contributed by atoms with E-state index in [9.17, 15) is 17.6 Å². The second kappa shape index (κ2) is 8.78. The number of rotatable bonds is 7. The monoisotopic (exact) mass is 427 g/mol. The highest BCUT2D eigenvalue weighted by Crippen LogP contribution is 2.35. The van der Waals surface area contributed by atoms with Crippen LogP contribution < -0.4 is 11.1 Å². The Morgan fingerprint density at radius 1 is 1.23 bits per heavy atom. The molecule has 156 valence electrons. The first kappa shape index (κ1) is 21.7. The second-order valence-corrected chi connectivity index (χ2v) is 9.27. The van der Waals surface area contributed by atoms with Crippen molar-refractivity contribution in [2.45, 2.75) is 37.4 Å². The van der Waals surface area contributed by atoms with Crippen molar-refractivity contribution >= 4 is 21.3 Å². The summed E-state index contributed by atoms with van der Waals surface area (Å²) in [6.45, 7) is 0.901. The minimum atomic E-state index is -3.67. The minimum absolute atomic E-state index is 0.0393. The Labute approximate surface area is 175 Å². The summed E-state index contributed by atoms with van der Waals surface area (Å²) in [7, 11) is -3.67. The average molecular weight is 428 g/mol. The smallest absolute Gasteiger partial charge is 0.178 e. The quantitative estimate of drug-likeness (QED) is 0.699. The number of sulfone groups is 1. The van der Waals surface area contributed by atoms with E-state index in [1.165, 1.54) is 25.1 Å². The van der Waals surface area contributed by atoms with Gasteiger partial charge in [-0.3, -0.25) is 4.79 Å². The molecule has 0 bridgehead atoms. The molecule has 0 radical (unpaired) electrons. The summed E-state index contributed by atoms with van der Waals surface area (Å²) < 4.78 is 38.2. The fraction of sp³-hybridized carbons (Fsp3) is 0.273. The molecule has 1 unspecified atom stereocenters. The molecule has 0 saturated heterocycles. The summed E-state index contributed by atoms with van der Waals surface area (Å²) in [5.41, 5.74) is 8.90. The summed E-state index contributed by atoms with van der Waals surface area (Å²) in [5, 5.41) is 12.3. The highest BCUT2D eigenvalue weighted by atomic mass is 32.2. The van der Waals surface area contributed by atoms with Crippen LogP contribution in [-0.2, 0) is 21.3 Å². The predicted molar refractivity (Wildman–Crippen MR) is 112 cm³/mol. The van der Waals surface area contributed by atoms with E-state index in [1.54, 1.807) is 24.3 Å². The number of carbonyl (C=O) groups is 1. The van der Waals surface area contributed by atoms with E-state index in [0.29, 0.717) is 28.9 Å². The Morgan fingerprint density at radius 3 is 2.67 bits per heavy atom. The van der Waals surface area contributed by atoms with Crippen LogP contribution >= 0.6 is 0 Å². The van der Waals surface area contributed by atoms with Crippen LogP contribution in [0.5, 0.6) is 0 Å². The number of Topliss-reactive ketones (excluding diaryl/α,β-unsaturated/α-hetero) is 1. The Kier molecular flexibility index (Phi) is 6.34. The van der Waals surface area contributed by atoms with Gasteiger partial charge in [0.25, 0.3) is 0 Å². The number of hydrogen-bond donors (Lipinski definition) is 2. The van der Waals surface area contributed by atoms with Crippen molar-refractivity contribution in [3.8, 4) is 6.07 Å².